The van der Waals surface area contributed by atoms with E-state index in [0.717, 1.165) is 10.5 Å². The molecule has 0 aliphatic rings. The van der Waals surface area contributed by atoms with Gasteiger partial charge in [-0.1, -0.05) is 17.3 Å². The van der Waals surface area contributed by atoms with Crippen LogP contribution in [0.25, 0.3) is 10.2 Å². The highest BCUT2D eigenvalue weighted by Crippen LogP contribution is 2.21. The Labute approximate surface area is 85.7 Å². The van der Waals surface area contributed by atoms with Crippen LogP contribution in [-0.2, 0) is 6.42 Å². The summed E-state index contributed by atoms with van der Waals surface area (Å²) in [5.74, 6) is 0. The van der Waals surface area contributed by atoms with Gasteiger partial charge < -0.3 is 5.21 Å². The first-order valence-electron chi connectivity index (χ1n) is 4.31. The highest BCUT2D eigenvalue weighted by atomic mass is 32.1. The van der Waals surface area contributed by atoms with Crippen LogP contribution in [0.15, 0.2) is 29.4 Å². The Kier molecular flexibility index (Phi) is 2.45. The van der Waals surface area contributed by atoms with E-state index in [2.05, 4.69) is 10.1 Å². The fraction of sp³-hybridized carbons (Fsp3) is 0.200. The summed E-state index contributed by atoms with van der Waals surface area (Å²) in [4.78, 5) is 4.43. The molecule has 3 nitrogen and oxygen atoms in total. The Hall–Kier alpha value is -1.42. The van der Waals surface area contributed by atoms with Crippen LogP contribution in [0.2, 0.25) is 0 Å². The zero-order valence-corrected chi connectivity index (χ0v) is 8.58. The van der Waals surface area contributed by atoms with Gasteiger partial charge in [0.1, 0.15) is 0 Å². The first-order chi connectivity index (χ1) is 6.79. The van der Waals surface area contributed by atoms with Crippen LogP contribution < -0.4 is 0 Å². The normalized spacial score (nSPS) is 12.2. The summed E-state index contributed by atoms with van der Waals surface area (Å²) < 4.78 is 1.17. The summed E-state index contributed by atoms with van der Waals surface area (Å²) >= 11 is 1.64. The molecule has 14 heavy (non-hydrogen) atoms. The number of hydrogen-bond donors (Lipinski definition) is 1. The van der Waals surface area contributed by atoms with Crippen molar-refractivity contribution < 1.29 is 5.21 Å². The number of oxime groups is 1. The van der Waals surface area contributed by atoms with Gasteiger partial charge in [0.05, 0.1) is 20.9 Å². The van der Waals surface area contributed by atoms with Crippen molar-refractivity contribution in [1.29, 1.82) is 0 Å². The lowest BCUT2D eigenvalue weighted by atomic mass is 10.3. The Morgan fingerprint density at radius 2 is 2.29 bits per heavy atom. The van der Waals surface area contributed by atoms with Crippen LogP contribution >= 0.6 is 11.3 Å². The van der Waals surface area contributed by atoms with Crippen molar-refractivity contribution in [3.05, 3.63) is 29.3 Å². The number of rotatable bonds is 2. The highest BCUT2D eigenvalue weighted by Gasteiger charge is 2.04. The molecular weight excluding hydrogens is 196 g/mol. The van der Waals surface area contributed by atoms with Gasteiger partial charge in [-0.2, -0.15) is 0 Å². The molecule has 1 N–H and O–H groups in total. The van der Waals surface area contributed by atoms with Crippen molar-refractivity contribution in [3.63, 3.8) is 0 Å². The number of hydrogen-bond acceptors (Lipinski definition) is 4. The van der Waals surface area contributed by atoms with Crippen molar-refractivity contribution in [2.24, 2.45) is 5.16 Å². The molecule has 0 saturated carbocycles. The summed E-state index contributed by atoms with van der Waals surface area (Å²) in [5, 5.41) is 12.7. The SMILES string of the molecule is CC(Cc1nc2ccccc2s1)=NO. The molecule has 0 atom stereocenters. The first-order valence-corrected chi connectivity index (χ1v) is 5.13. The van der Waals surface area contributed by atoms with Gasteiger partial charge in [0.15, 0.2) is 0 Å². The maximum atomic E-state index is 8.54. The van der Waals surface area contributed by atoms with Crippen molar-refractivity contribution >= 4 is 27.3 Å². The third kappa shape index (κ3) is 1.75. The van der Waals surface area contributed by atoms with E-state index in [1.54, 1.807) is 18.3 Å². The molecule has 1 heterocycles. The summed E-state index contributed by atoms with van der Waals surface area (Å²) in [5.41, 5.74) is 1.70. The van der Waals surface area contributed by atoms with E-state index in [-0.39, 0.29) is 0 Å². The Morgan fingerprint density at radius 1 is 1.50 bits per heavy atom. The monoisotopic (exact) mass is 206 g/mol. The third-order valence-corrected chi connectivity index (χ3v) is 2.95. The van der Waals surface area contributed by atoms with E-state index in [1.165, 1.54) is 4.70 Å². The second kappa shape index (κ2) is 3.75. The van der Waals surface area contributed by atoms with E-state index >= 15 is 0 Å². The van der Waals surface area contributed by atoms with Crippen LogP contribution in [0.3, 0.4) is 0 Å². The van der Waals surface area contributed by atoms with E-state index in [4.69, 9.17) is 5.21 Å². The second-order valence-electron chi connectivity index (χ2n) is 3.09. The number of nitrogens with zero attached hydrogens (tertiary/aromatic N) is 2. The largest absolute Gasteiger partial charge is 0.411 e. The number of thiazole rings is 1. The molecule has 0 spiro atoms. The first kappa shape index (κ1) is 9.15. The van der Waals surface area contributed by atoms with Crippen LogP contribution in [0.4, 0.5) is 0 Å². The van der Waals surface area contributed by atoms with E-state index in [1.807, 2.05) is 24.3 Å². The highest BCUT2D eigenvalue weighted by molar-refractivity contribution is 7.18. The van der Waals surface area contributed by atoms with E-state index in [0.29, 0.717) is 12.1 Å². The van der Waals surface area contributed by atoms with Crippen LogP contribution in [0, 0.1) is 0 Å². The van der Waals surface area contributed by atoms with Crippen molar-refractivity contribution in [3.8, 4) is 0 Å². The minimum absolute atomic E-state index is 0.621. The summed E-state index contributed by atoms with van der Waals surface area (Å²) in [7, 11) is 0. The predicted molar refractivity (Wildman–Crippen MR) is 58.2 cm³/mol. The molecule has 1 aromatic heterocycles. The smallest absolute Gasteiger partial charge is 0.0995 e. The van der Waals surface area contributed by atoms with Crippen molar-refractivity contribution in [2.45, 2.75) is 13.3 Å². The molecule has 0 aliphatic heterocycles. The van der Waals surface area contributed by atoms with E-state index < -0.39 is 0 Å². The number of benzene rings is 1. The summed E-state index contributed by atoms with van der Waals surface area (Å²) in [6.45, 7) is 1.78. The van der Waals surface area contributed by atoms with Crippen LogP contribution in [0.5, 0.6) is 0 Å². The van der Waals surface area contributed by atoms with Gasteiger partial charge in [0.25, 0.3) is 0 Å². The topological polar surface area (TPSA) is 45.5 Å². The van der Waals surface area contributed by atoms with Gasteiger partial charge in [-0.05, 0) is 19.1 Å². The second-order valence-corrected chi connectivity index (χ2v) is 4.20. The minimum Gasteiger partial charge on any atom is -0.411 e. The molecule has 2 rings (SSSR count). The van der Waals surface area contributed by atoms with Crippen LogP contribution in [0.1, 0.15) is 11.9 Å². The summed E-state index contributed by atoms with van der Waals surface area (Å²) in [6.07, 6.45) is 0.621. The number of fused-ring (bicyclic) bond motifs is 1. The molecular formula is C10H10N2OS. The quantitative estimate of drug-likeness (QED) is 0.466. The molecule has 0 radical (unpaired) electrons. The van der Waals surface area contributed by atoms with Gasteiger partial charge >= 0.3 is 0 Å². The fourth-order valence-electron chi connectivity index (χ4n) is 1.25. The lowest BCUT2D eigenvalue weighted by Gasteiger charge is -1.90. The molecule has 2 aromatic rings. The molecule has 0 unspecified atom stereocenters. The molecule has 0 fully saturated rings. The average molecular weight is 206 g/mol. The zero-order chi connectivity index (χ0) is 9.97. The molecule has 4 heteroatoms. The maximum Gasteiger partial charge on any atom is 0.0995 e. The van der Waals surface area contributed by atoms with Gasteiger partial charge in [0.2, 0.25) is 0 Å². The molecule has 0 bridgehead atoms. The number of aromatic nitrogens is 1. The van der Waals surface area contributed by atoms with Gasteiger partial charge in [-0.25, -0.2) is 4.98 Å². The van der Waals surface area contributed by atoms with Gasteiger partial charge in [0, 0.05) is 6.42 Å². The van der Waals surface area contributed by atoms with Crippen LogP contribution in [-0.4, -0.2) is 15.9 Å². The maximum absolute atomic E-state index is 8.54. The molecule has 0 saturated heterocycles. The van der Waals surface area contributed by atoms with Gasteiger partial charge in [-0.15, -0.1) is 11.3 Å². The molecule has 72 valence electrons. The van der Waals surface area contributed by atoms with Crippen molar-refractivity contribution in [1.82, 2.24) is 4.98 Å². The molecule has 0 aliphatic carbocycles. The average Bonchev–Trinajstić information content (AvgIpc) is 2.59. The summed E-state index contributed by atoms with van der Waals surface area (Å²) in [6, 6.07) is 8.00. The third-order valence-electron chi connectivity index (χ3n) is 1.92. The zero-order valence-electron chi connectivity index (χ0n) is 7.77. The predicted octanol–water partition coefficient (Wildman–Crippen LogP) is 2.69. The Balaban J connectivity index is 2.36. The lowest BCUT2D eigenvalue weighted by Crippen LogP contribution is -1.95. The van der Waals surface area contributed by atoms with Gasteiger partial charge in [-0.3, -0.25) is 0 Å². The number of para-hydroxylation sites is 1. The van der Waals surface area contributed by atoms with E-state index in [9.17, 15) is 0 Å². The standard InChI is InChI=1S/C10H10N2OS/c1-7(12-13)6-10-11-8-4-2-3-5-9(8)14-10/h2-5,13H,6H2,1H3. The fourth-order valence-corrected chi connectivity index (χ4v) is 2.29. The molecule has 1 aromatic carbocycles. The van der Waals surface area contributed by atoms with Crippen molar-refractivity contribution in [2.75, 3.05) is 0 Å². The molecule has 0 amide bonds. The Bertz CT molecular complexity index is 443. The minimum atomic E-state index is 0.621. The Morgan fingerprint density at radius 3 is 3.00 bits per heavy atom. The lowest BCUT2D eigenvalue weighted by molar-refractivity contribution is 0.317.